The molecular formula is C22H26N8O4. The van der Waals surface area contributed by atoms with Crippen LogP contribution in [0.5, 0.6) is 11.8 Å². The van der Waals surface area contributed by atoms with Crippen LogP contribution >= 0.6 is 0 Å². The van der Waals surface area contributed by atoms with E-state index in [4.69, 9.17) is 14.2 Å². The number of hydrogen-bond donors (Lipinski definition) is 1. The number of nitrogens with zero attached hydrogens (tertiary/aromatic N) is 7. The average Bonchev–Trinajstić information content (AvgIpc) is 3.67. The molecule has 4 heterocycles. The smallest absolute Gasteiger partial charge is 0.341 e. The number of rotatable bonds is 6. The molecule has 3 fully saturated rings. The minimum Gasteiger partial charge on any atom is -0.423 e. The van der Waals surface area contributed by atoms with Crippen molar-refractivity contribution >= 4 is 5.91 Å². The third-order valence-corrected chi connectivity index (χ3v) is 6.84. The number of ether oxygens (including phenoxy) is 3. The van der Waals surface area contributed by atoms with E-state index in [1.165, 1.54) is 12.7 Å². The Balaban J connectivity index is 1.11. The molecule has 12 heteroatoms. The summed E-state index contributed by atoms with van der Waals surface area (Å²) >= 11 is 0. The van der Waals surface area contributed by atoms with E-state index in [-0.39, 0.29) is 42.1 Å². The maximum absolute atomic E-state index is 12.7. The Bertz CT molecular complexity index is 1110. The summed E-state index contributed by atoms with van der Waals surface area (Å²) in [6.07, 6.45) is 7.97. The molecule has 34 heavy (non-hydrogen) atoms. The summed E-state index contributed by atoms with van der Waals surface area (Å²) in [5.41, 5.74) is 0.858. The van der Waals surface area contributed by atoms with Gasteiger partial charge in [0.15, 0.2) is 0 Å². The molecule has 1 saturated carbocycles. The molecule has 4 atom stereocenters. The van der Waals surface area contributed by atoms with E-state index in [0.29, 0.717) is 19.0 Å². The number of benzene rings is 1. The largest absolute Gasteiger partial charge is 0.423 e. The molecule has 3 aliphatic rings. The zero-order chi connectivity index (χ0) is 22.9. The van der Waals surface area contributed by atoms with Gasteiger partial charge in [0.1, 0.15) is 36.7 Å². The molecule has 1 amide bonds. The van der Waals surface area contributed by atoms with Crippen molar-refractivity contribution in [1.82, 2.24) is 40.3 Å². The predicted molar refractivity (Wildman–Crippen MR) is 116 cm³/mol. The topological polar surface area (TPSA) is 131 Å². The van der Waals surface area contributed by atoms with Crippen molar-refractivity contribution in [2.45, 2.75) is 56.4 Å². The van der Waals surface area contributed by atoms with Gasteiger partial charge in [0.05, 0.1) is 24.9 Å². The SMILES string of the molecule is O=C(NC1COC2C1OCC2n1nnnc1Oc1ccc(-n2cncn2)cc1)C1CCCCC1. The maximum Gasteiger partial charge on any atom is 0.341 e. The number of tetrazole rings is 1. The second-order valence-electron chi connectivity index (χ2n) is 8.96. The first-order valence-electron chi connectivity index (χ1n) is 11.7. The summed E-state index contributed by atoms with van der Waals surface area (Å²) in [6.45, 7) is 0.782. The van der Waals surface area contributed by atoms with Gasteiger partial charge in [0, 0.05) is 5.92 Å². The molecule has 12 nitrogen and oxygen atoms in total. The highest BCUT2D eigenvalue weighted by Crippen LogP contribution is 2.36. The number of nitrogens with one attached hydrogen (secondary N) is 1. The zero-order valence-electron chi connectivity index (χ0n) is 18.6. The summed E-state index contributed by atoms with van der Waals surface area (Å²) in [7, 11) is 0. The molecule has 4 unspecified atom stereocenters. The molecular weight excluding hydrogens is 440 g/mol. The predicted octanol–water partition coefficient (Wildman–Crippen LogP) is 1.45. The lowest BCUT2D eigenvalue weighted by Gasteiger charge is -2.24. The monoisotopic (exact) mass is 466 g/mol. The van der Waals surface area contributed by atoms with Crippen molar-refractivity contribution < 1.29 is 19.0 Å². The van der Waals surface area contributed by atoms with Crippen molar-refractivity contribution in [3.05, 3.63) is 36.9 Å². The van der Waals surface area contributed by atoms with Crippen molar-refractivity contribution in [3.63, 3.8) is 0 Å². The van der Waals surface area contributed by atoms with Gasteiger partial charge in [0.25, 0.3) is 0 Å². The molecule has 3 aromatic rings. The molecule has 2 aromatic heterocycles. The molecule has 6 rings (SSSR count). The van der Waals surface area contributed by atoms with Crippen LogP contribution in [0.1, 0.15) is 38.1 Å². The second kappa shape index (κ2) is 9.11. The number of hydrogen-bond acceptors (Lipinski definition) is 9. The highest BCUT2D eigenvalue weighted by molar-refractivity contribution is 5.79. The van der Waals surface area contributed by atoms with E-state index in [9.17, 15) is 4.79 Å². The van der Waals surface area contributed by atoms with Gasteiger partial charge in [-0.25, -0.2) is 9.67 Å². The van der Waals surface area contributed by atoms with Crippen LogP contribution in [-0.4, -0.2) is 72.3 Å². The number of amides is 1. The highest BCUT2D eigenvalue weighted by atomic mass is 16.6. The van der Waals surface area contributed by atoms with Crippen LogP contribution in [0.3, 0.4) is 0 Å². The average molecular weight is 467 g/mol. The fourth-order valence-corrected chi connectivity index (χ4v) is 5.05. The Labute approximate surface area is 195 Å². The van der Waals surface area contributed by atoms with Crippen LogP contribution in [0.2, 0.25) is 0 Å². The second-order valence-corrected chi connectivity index (χ2v) is 8.96. The summed E-state index contributed by atoms with van der Waals surface area (Å²) in [5, 5.41) is 19.3. The quantitative estimate of drug-likeness (QED) is 0.573. The third kappa shape index (κ3) is 4.03. The fourth-order valence-electron chi connectivity index (χ4n) is 5.05. The van der Waals surface area contributed by atoms with Gasteiger partial charge >= 0.3 is 6.01 Å². The van der Waals surface area contributed by atoms with Crippen LogP contribution in [-0.2, 0) is 14.3 Å². The lowest BCUT2D eigenvalue weighted by molar-refractivity contribution is -0.127. The molecule has 0 bridgehead atoms. The number of carbonyl (C=O) groups excluding carboxylic acids is 1. The van der Waals surface area contributed by atoms with E-state index in [2.05, 4.69) is 30.9 Å². The first-order valence-corrected chi connectivity index (χ1v) is 11.7. The Morgan fingerprint density at radius 1 is 1.06 bits per heavy atom. The molecule has 2 saturated heterocycles. The van der Waals surface area contributed by atoms with Crippen LogP contribution in [0, 0.1) is 5.92 Å². The Hall–Kier alpha value is -3.38. The molecule has 178 valence electrons. The third-order valence-electron chi connectivity index (χ3n) is 6.84. The maximum atomic E-state index is 12.7. The molecule has 1 N–H and O–H groups in total. The minimum absolute atomic E-state index is 0.0977. The summed E-state index contributed by atoms with van der Waals surface area (Å²) in [5.74, 6) is 0.794. The van der Waals surface area contributed by atoms with Gasteiger partial charge in [-0.3, -0.25) is 4.79 Å². The first-order chi connectivity index (χ1) is 16.8. The molecule has 0 radical (unpaired) electrons. The summed E-state index contributed by atoms with van der Waals surface area (Å²) in [4.78, 5) is 16.7. The lowest BCUT2D eigenvalue weighted by Crippen LogP contribution is -2.46. The van der Waals surface area contributed by atoms with Crippen molar-refractivity contribution in [3.8, 4) is 17.4 Å². The number of fused-ring (bicyclic) bond motifs is 1. The number of carbonyl (C=O) groups is 1. The van der Waals surface area contributed by atoms with Crippen LogP contribution < -0.4 is 10.1 Å². The Morgan fingerprint density at radius 3 is 2.68 bits per heavy atom. The Kier molecular flexibility index (Phi) is 5.67. The van der Waals surface area contributed by atoms with Gasteiger partial charge in [0.2, 0.25) is 5.91 Å². The van der Waals surface area contributed by atoms with Crippen LogP contribution in [0.15, 0.2) is 36.9 Å². The van der Waals surface area contributed by atoms with E-state index >= 15 is 0 Å². The highest BCUT2D eigenvalue weighted by Gasteiger charge is 2.50. The van der Waals surface area contributed by atoms with Crippen LogP contribution in [0.25, 0.3) is 5.69 Å². The van der Waals surface area contributed by atoms with Gasteiger partial charge in [-0.15, -0.1) is 0 Å². The first kappa shape index (κ1) is 21.2. The molecule has 0 spiro atoms. The van der Waals surface area contributed by atoms with Gasteiger partial charge in [-0.05, 0) is 47.5 Å². The summed E-state index contributed by atoms with van der Waals surface area (Å²) in [6, 6.07) is 7.19. The zero-order valence-corrected chi connectivity index (χ0v) is 18.6. The van der Waals surface area contributed by atoms with Crippen LogP contribution in [0.4, 0.5) is 0 Å². The van der Waals surface area contributed by atoms with E-state index < -0.39 is 0 Å². The van der Waals surface area contributed by atoms with E-state index in [1.807, 2.05) is 24.3 Å². The van der Waals surface area contributed by atoms with Gasteiger partial charge in [-0.2, -0.15) is 9.78 Å². The van der Waals surface area contributed by atoms with Gasteiger partial charge < -0.3 is 19.5 Å². The molecule has 2 aliphatic heterocycles. The fraction of sp³-hybridized carbons (Fsp3) is 0.545. The Morgan fingerprint density at radius 2 is 1.88 bits per heavy atom. The van der Waals surface area contributed by atoms with Crippen molar-refractivity contribution in [1.29, 1.82) is 0 Å². The normalized spacial score (nSPS) is 26.9. The van der Waals surface area contributed by atoms with E-state index in [1.54, 1.807) is 15.7 Å². The standard InChI is InChI=1S/C22H26N8O4/c31-21(14-4-2-1-3-5-14)25-17-10-32-20-18(11-33-19(17)20)30-22(26-27-28-30)34-16-8-6-15(7-9-16)29-13-23-12-24-29/h6-9,12-14,17-20H,1-5,10-11H2,(H,25,31). The van der Waals surface area contributed by atoms with Gasteiger partial charge in [-0.1, -0.05) is 24.4 Å². The summed E-state index contributed by atoms with van der Waals surface area (Å²) < 4.78 is 21.3. The van der Waals surface area contributed by atoms with E-state index in [0.717, 1.165) is 31.4 Å². The lowest BCUT2D eigenvalue weighted by atomic mass is 9.88. The molecule has 1 aliphatic carbocycles. The molecule has 1 aromatic carbocycles. The number of aromatic nitrogens is 7. The van der Waals surface area contributed by atoms with Crippen molar-refractivity contribution in [2.75, 3.05) is 13.2 Å². The minimum atomic E-state index is -0.266. The van der Waals surface area contributed by atoms with Crippen molar-refractivity contribution in [2.24, 2.45) is 5.92 Å².